The first-order valence-corrected chi connectivity index (χ1v) is 8.91. The van der Waals surface area contributed by atoms with Crippen molar-refractivity contribution in [2.45, 2.75) is 38.3 Å². The van der Waals surface area contributed by atoms with Crippen molar-refractivity contribution >= 4 is 11.3 Å². The van der Waals surface area contributed by atoms with Crippen LogP contribution >= 0.6 is 11.3 Å². The van der Waals surface area contributed by atoms with Gasteiger partial charge in [-0.25, -0.2) is 0 Å². The number of hydrogen-bond acceptors (Lipinski definition) is 4. The first kappa shape index (κ1) is 15.7. The lowest BCUT2D eigenvalue weighted by Crippen LogP contribution is -2.20. The van der Waals surface area contributed by atoms with E-state index < -0.39 is 0 Å². The molecule has 3 heterocycles. The van der Waals surface area contributed by atoms with Gasteiger partial charge >= 0.3 is 0 Å². The SMILES string of the molecule is CN(CCc1ccccn1)Cc1ccc([C@H]2CCCCO2)s1. The minimum absolute atomic E-state index is 0.339. The Morgan fingerprint density at radius 1 is 1.27 bits per heavy atom. The van der Waals surface area contributed by atoms with Crippen LogP contribution in [0.25, 0.3) is 0 Å². The Balaban J connectivity index is 1.49. The quantitative estimate of drug-likeness (QED) is 0.803. The van der Waals surface area contributed by atoms with Gasteiger partial charge in [-0.2, -0.15) is 0 Å². The highest BCUT2D eigenvalue weighted by Crippen LogP contribution is 2.32. The van der Waals surface area contributed by atoms with Crippen LogP contribution in [0.5, 0.6) is 0 Å². The van der Waals surface area contributed by atoms with Gasteiger partial charge in [0.2, 0.25) is 0 Å². The molecule has 1 aliphatic rings. The average Bonchev–Trinajstić information content (AvgIpc) is 3.03. The molecule has 0 unspecified atom stereocenters. The number of ether oxygens (including phenoxy) is 1. The molecule has 1 atom stereocenters. The maximum atomic E-state index is 5.88. The Kier molecular flexibility index (Phi) is 5.59. The third kappa shape index (κ3) is 4.38. The number of likely N-dealkylation sites (N-methyl/N-ethyl adjacent to an activating group) is 1. The summed E-state index contributed by atoms with van der Waals surface area (Å²) in [5, 5.41) is 0. The van der Waals surface area contributed by atoms with E-state index >= 15 is 0 Å². The predicted octanol–water partition coefficient (Wildman–Crippen LogP) is 4.06. The normalized spacial score (nSPS) is 18.7. The molecule has 1 fully saturated rings. The molecule has 3 nitrogen and oxygen atoms in total. The van der Waals surface area contributed by atoms with E-state index in [1.807, 2.05) is 23.6 Å². The molecule has 0 radical (unpaired) electrons. The standard InChI is InChI=1S/C18H24N2OS/c1-20(12-10-15-6-2-4-11-19-15)14-16-8-9-18(22-16)17-7-3-5-13-21-17/h2,4,6,8-9,11,17H,3,5,7,10,12-14H2,1H3/t17-/m1/s1. The summed E-state index contributed by atoms with van der Waals surface area (Å²) in [5.41, 5.74) is 1.16. The summed E-state index contributed by atoms with van der Waals surface area (Å²) < 4.78 is 5.88. The highest BCUT2D eigenvalue weighted by atomic mass is 32.1. The zero-order chi connectivity index (χ0) is 15.2. The van der Waals surface area contributed by atoms with E-state index in [9.17, 15) is 0 Å². The average molecular weight is 316 g/mol. The molecule has 22 heavy (non-hydrogen) atoms. The predicted molar refractivity (Wildman–Crippen MR) is 91.1 cm³/mol. The fraction of sp³-hybridized carbons (Fsp3) is 0.500. The topological polar surface area (TPSA) is 25.4 Å². The van der Waals surface area contributed by atoms with E-state index in [0.29, 0.717) is 6.10 Å². The Labute approximate surface area is 137 Å². The molecule has 0 N–H and O–H groups in total. The fourth-order valence-corrected chi connectivity index (χ4v) is 3.99. The lowest BCUT2D eigenvalue weighted by atomic mass is 10.1. The zero-order valence-electron chi connectivity index (χ0n) is 13.2. The van der Waals surface area contributed by atoms with Crippen molar-refractivity contribution in [1.29, 1.82) is 0 Å². The van der Waals surface area contributed by atoms with Crippen molar-refractivity contribution in [2.24, 2.45) is 0 Å². The monoisotopic (exact) mass is 316 g/mol. The highest BCUT2D eigenvalue weighted by molar-refractivity contribution is 7.12. The minimum atomic E-state index is 0.339. The van der Waals surface area contributed by atoms with Gasteiger partial charge < -0.3 is 9.64 Å². The molecular formula is C18H24N2OS. The molecule has 0 bridgehead atoms. The van der Waals surface area contributed by atoms with Gasteiger partial charge in [-0.15, -0.1) is 11.3 Å². The van der Waals surface area contributed by atoms with Crippen molar-refractivity contribution < 1.29 is 4.74 Å². The maximum Gasteiger partial charge on any atom is 0.0916 e. The van der Waals surface area contributed by atoms with Gasteiger partial charge in [0.15, 0.2) is 0 Å². The smallest absolute Gasteiger partial charge is 0.0916 e. The number of thiophene rings is 1. The maximum absolute atomic E-state index is 5.88. The molecular weight excluding hydrogens is 292 g/mol. The fourth-order valence-electron chi connectivity index (χ4n) is 2.81. The zero-order valence-corrected chi connectivity index (χ0v) is 14.0. The Bertz CT molecular complexity index is 563. The molecule has 2 aromatic heterocycles. The van der Waals surface area contributed by atoms with Crippen LogP contribution in [0, 0.1) is 0 Å². The summed E-state index contributed by atoms with van der Waals surface area (Å²) in [6.45, 7) is 2.95. The van der Waals surface area contributed by atoms with Gasteiger partial charge in [0.05, 0.1) is 6.10 Å². The summed E-state index contributed by atoms with van der Waals surface area (Å²) in [4.78, 5) is 9.57. The first-order chi connectivity index (χ1) is 10.8. The summed E-state index contributed by atoms with van der Waals surface area (Å²) in [6, 6.07) is 10.6. The van der Waals surface area contributed by atoms with E-state index in [1.54, 1.807) is 0 Å². The first-order valence-electron chi connectivity index (χ1n) is 8.10. The number of hydrogen-bond donors (Lipinski definition) is 0. The van der Waals surface area contributed by atoms with Crippen LogP contribution in [0.4, 0.5) is 0 Å². The number of aromatic nitrogens is 1. The highest BCUT2D eigenvalue weighted by Gasteiger charge is 2.18. The van der Waals surface area contributed by atoms with Gasteiger partial charge in [-0.05, 0) is 50.6 Å². The molecule has 0 aliphatic carbocycles. The summed E-state index contributed by atoms with van der Waals surface area (Å²) in [5.74, 6) is 0. The van der Waals surface area contributed by atoms with Gasteiger partial charge in [0.1, 0.15) is 0 Å². The molecule has 0 saturated carbocycles. The Hall–Kier alpha value is -1.23. The van der Waals surface area contributed by atoms with Gasteiger partial charge in [-0.1, -0.05) is 6.07 Å². The molecule has 0 aromatic carbocycles. The van der Waals surface area contributed by atoms with Crippen LogP contribution < -0.4 is 0 Å². The van der Waals surface area contributed by atoms with Crippen molar-refractivity contribution in [1.82, 2.24) is 9.88 Å². The molecule has 1 saturated heterocycles. The Morgan fingerprint density at radius 3 is 3.00 bits per heavy atom. The van der Waals surface area contributed by atoms with Crippen molar-refractivity contribution in [2.75, 3.05) is 20.2 Å². The second-order valence-corrected chi connectivity index (χ2v) is 7.17. The van der Waals surface area contributed by atoms with Gasteiger partial charge in [0, 0.05) is 47.8 Å². The van der Waals surface area contributed by atoms with Crippen molar-refractivity contribution in [3.63, 3.8) is 0 Å². The molecule has 1 aliphatic heterocycles. The largest absolute Gasteiger partial charge is 0.373 e. The van der Waals surface area contributed by atoms with E-state index in [4.69, 9.17) is 4.74 Å². The van der Waals surface area contributed by atoms with Crippen LogP contribution in [-0.2, 0) is 17.7 Å². The lowest BCUT2D eigenvalue weighted by Gasteiger charge is -2.21. The van der Waals surface area contributed by atoms with Crippen LogP contribution in [0.1, 0.15) is 40.8 Å². The van der Waals surface area contributed by atoms with E-state index in [-0.39, 0.29) is 0 Å². The van der Waals surface area contributed by atoms with Crippen LogP contribution in [0.15, 0.2) is 36.5 Å². The van der Waals surface area contributed by atoms with Crippen LogP contribution in [0.2, 0.25) is 0 Å². The molecule has 0 spiro atoms. The third-order valence-corrected chi connectivity index (χ3v) is 5.24. The van der Waals surface area contributed by atoms with E-state index in [1.165, 1.54) is 29.0 Å². The molecule has 3 rings (SSSR count). The van der Waals surface area contributed by atoms with E-state index in [0.717, 1.165) is 31.8 Å². The van der Waals surface area contributed by atoms with E-state index in [2.05, 4.69) is 41.2 Å². The summed E-state index contributed by atoms with van der Waals surface area (Å²) >= 11 is 1.91. The second kappa shape index (κ2) is 7.86. The third-order valence-electron chi connectivity index (χ3n) is 4.08. The lowest BCUT2D eigenvalue weighted by molar-refractivity contribution is 0.0172. The number of rotatable bonds is 6. The van der Waals surface area contributed by atoms with Gasteiger partial charge in [-0.3, -0.25) is 4.98 Å². The Morgan fingerprint density at radius 2 is 2.23 bits per heavy atom. The minimum Gasteiger partial charge on any atom is -0.373 e. The summed E-state index contributed by atoms with van der Waals surface area (Å²) in [7, 11) is 2.18. The van der Waals surface area contributed by atoms with Gasteiger partial charge in [0.25, 0.3) is 0 Å². The van der Waals surface area contributed by atoms with Crippen LogP contribution in [-0.4, -0.2) is 30.1 Å². The molecule has 0 amide bonds. The van der Waals surface area contributed by atoms with Crippen LogP contribution in [0.3, 0.4) is 0 Å². The number of pyridine rings is 1. The van der Waals surface area contributed by atoms with Crippen molar-refractivity contribution in [3.05, 3.63) is 52.0 Å². The molecule has 118 valence electrons. The number of nitrogens with zero attached hydrogens (tertiary/aromatic N) is 2. The molecule has 2 aromatic rings. The summed E-state index contributed by atoms with van der Waals surface area (Å²) in [6.07, 6.45) is 6.89. The molecule has 4 heteroatoms. The van der Waals surface area contributed by atoms with Crippen molar-refractivity contribution in [3.8, 4) is 0 Å². The second-order valence-electron chi connectivity index (χ2n) is 5.97.